The van der Waals surface area contributed by atoms with Crippen LogP contribution in [0.25, 0.3) is 0 Å². The second-order valence-corrected chi connectivity index (χ2v) is 3.73. The molecule has 1 amide bonds. The number of alkyl carbamates (subject to hydrolysis) is 1. The average molecular weight is 209 g/mol. The van der Waals surface area contributed by atoms with Crippen LogP contribution >= 0.6 is 13.5 Å². The maximum Gasteiger partial charge on any atom is 0.407 e. The first-order valence-electron chi connectivity index (χ1n) is 3.96. The highest BCUT2D eigenvalue weighted by Crippen LogP contribution is 2.06. The van der Waals surface area contributed by atoms with E-state index in [0.717, 1.165) is 0 Å². The van der Waals surface area contributed by atoms with E-state index in [2.05, 4.69) is 5.32 Å². The van der Waals surface area contributed by atoms with Gasteiger partial charge in [0.15, 0.2) is 0 Å². The summed E-state index contributed by atoms with van der Waals surface area (Å²) in [4.78, 5) is 10.9. The van der Waals surface area contributed by atoms with Gasteiger partial charge in [-0.15, -0.1) is 0 Å². The first-order valence-corrected chi connectivity index (χ1v) is 3.96. The lowest BCUT2D eigenvalue weighted by Gasteiger charge is -2.19. The van der Waals surface area contributed by atoms with Crippen molar-refractivity contribution in [2.75, 3.05) is 6.54 Å². The number of hydrogen-bond donors (Lipinski definition) is 2. The molecule has 0 unspecified atom stereocenters. The maximum atomic E-state index is 10.9. The molecule has 2 N–H and O–H groups in total. The molecule has 80 valence electrons. The van der Waals surface area contributed by atoms with E-state index in [-0.39, 0.29) is 20.0 Å². The molecular weight excluding hydrogens is 190 g/mol. The maximum absolute atomic E-state index is 10.9. The molecule has 0 aromatic rings. The second kappa shape index (κ2) is 6.10. The van der Waals surface area contributed by atoms with Gasteiger partial charge in [0.05, 0.1) is 6.10 Å². The van der Waals surface area contributed by atoms with Crippen LogP contribution in [0.3, 0.4) is 0 Å². The number of rotatable bonds is 2. The van der Waals surface area contributed by atoms with Gasteiger partial charge in [0.1, 0.15) is 5.60 Å². The first-order chi connectivity index (χ1) is 5.31. The molecule has 0 radical (unpaired) electrons. The summed E-state index contributed by atoms with van der Waals surface area (Å²) in [5.74, 6) is 0. The van der Waals surface area contributed by atoms with Crippen molar-refractivity contribution < 1.29 is 14.6 Å². The first kappa shape index (κ1) is 15.1. The lowest BCUT2D eigenvalue weighted by atomic mass is 10.2. The van der Waals surface area contributed by atoms with Gasteiger partial charge in [-0.2, -0.15) is 13.5 Å². The van der Waals surface area contributed by atoms with Crippen LogP contribution in [-0.2, 0) is 4.74 Å². The second-order valence-electron chi connectivity index (χ2n) is 3.73. The van der Waals surface area contributed by atoms with E-state index in [1.165, 1.54) is 0 Å². The van der Waals surface area contributed by atoms with Gasteiger partial charge in [0, 0.05) is 6.54 Å². The molecule has 0 fully saturated rings. The van der Waals surface area contributed by atoms with E-state index in [9.17, 15) is 4.79 Å². The predicted octanol–water partition coefficient (Wildman–Crippen LogP) is 1.00. The minimum atomic E-state index is -0.544. The summed E-state index contributed by atoms with van der Waals surface area (Å²) in [6.07, 6.45) is -1.04. The number of carbonyl (C=O) groups excluding carboxylic acids is 1. The van der Waals surface area contributed by atoms with Gasteiger partial charge in [-0.1, -0.05) is 0 Å². The molecule has 0 spiro atoms. The fraction of sp³-hybridized carbons (Fsp3) is 0.875. The van der Waals surface area contributed by atoms with Crippen LogP contribution in [0, 0.1) is 0 Å². The van der Waals surface area contributed by atoms with Gasteiger partial charge in [-0.05, 0) is 27.7 Å². The lowest BCUT2D eigenvalue weighted by Crippen LogP contribution is -2.36. The van der Waals surface area contributed by atoms with Crippen molar-refractivity contribution in [3.8, 4) is 0 Å². The Balaban J connectivity index is 0. The van der Waals surface area contributed by atoms with Crippen LogP contribution < -0.4 is 5.32 Å². The predicted molar refractivity (Wildman–Crippen MR) is 56.3 cm³/mol. The van der Waals surface area contributed by atoms with Crippen LogP contribution in [0.5, 0.6) is 0 Å². The highest BCUT2D eigenvalue weighted by atomic mass is 32.1. The van der Waals surface area contributed by atoms with Crippen molar-refractivity contribution in [2.45, 2.75) is 39.4 Å². The van der Waals surface area contributed by atoms with Crippen molar-refractivity contribution >= 4 is 19.6 Å². The smallest absolute Gasteiger partial charge is 0.407 e. The summed E-state index contributed by atoms with van der Waals surface area (Å²) in [5, 5.41) is 11.3. The molecular formula is C8H19NO3S. The van der Waals surface area contributed by atoms with Crippen molar-refractivity contribution in [3.63, 3.8) is 0 Å². The van der Waals surface area contributed by atoms with E-state index in [1.54, 1.807) is 27.7 Å². The third-order valence-electron chi connectivity index (χ3n) is 0.941. The number of aliphatic hydroxyl groups excluding tert-OH is 1. The Kier molecular flexibility index (Phi) is 7.07. The summed E-state index contributed by atoms with van der Waals surface area (Å²) in [5.41, 5.74) is -0.483. The summed E-state index contributed by atoms with van der Waals surface area (Å²) >= 11 is 0. The van der Waals surface area contributed by atoms with Crippen molar-refractivity contribution in [1.29, 1.82) is 0 Å². The molecule has 0 heterocycles. The molecule has 0 saturated heterocycles. The van der Waals surface area contributed by atoms with Gasteiger partial charge >= 0.3 is 6.09 Å². The van der Waals surface area contributed by atoms with E-state index < -0.39 is 17.8 Å². The van der Waals surface area contributed by atoms with Crippen molar-refractivity contribution in [1.82, 2.24) is 5.32 Å². The minimum absolute atomic E-state index is 0. The molecule has 0 aromatic carbocycles. The Morgan fingerprint density at radius 3 is 2.31 bits per heavy atom. The summed E-state index contributed by atoms with van der Waals surface area (Å²) in [6.45, 7) is 7.17. The monoisotopic (exact) mass is 209 g/mol. The molecule has 0 aliphatic carbocycles. The van der Waals surface area contributed by atoms with Crippen LogP contribution in [-0.4, -0.2) is 29.4 Å². The Labute approximate surface area is 86.1 Å². The molecule has 0 saturated carbocycles. The quantitative estimate of drug-likeness (QED) is 0.713. The Bertz CT molecular complexity index is 154. The van der Waals surface area contributed by atoms with Gasteiger partial charge in [0.2, 0.25) is 0 Å². The Hall–Kier alpha value is -0.420. The van der Waals surface area contributed by atoms with E-state index in [0.29, 0.717) is 0 Å². The van der Waals surface area contributed by atoms with Gasteiger partial charge in [0.25, 0.3) is 0 Å². The molecule has 5 heteroatoms. The molecule has 13 heavy (non-hydrogen) atoms. The average Bonchev–Trinajstić information content (AvgIpc) is 1.79. The van der Waals surface area contributed by atoms with Gasteiger partial charge < -0.3 is 15.2 Å². The molecule has 0 aliphatic rings. The zero-order valence-corrected chi connectivity index (χ0v) is 9.55. The number of nitrogens with one attached hydrogen (secondary N) is 1. The van der Waals surface area contributed by atoms with Crippen molar-refractivity contribution in [3.05, 3.63) is 0 Å². The normalized spacial score (nSPS) is 12.7. The molecule has 4 nitrogen and oxygen atoms in total. The van der Waals surface area contributed by atoms with Crippen LogP contribution in [0.4, 0.5) is 4.79 Å². The standard InChI is InChI=1S/C8H17NO3.H2S/c1-6(10)5-9-7(11)12-8(2,3)4;/h6,10H,5H2,1-4H3,(H,9,11);1H2/t6-;/m0./s1. The molecule has 0 bridgehead atoms. The number of ether oxygens (including phenoxy) is 1. The summed E-state index contributed by atoms with van der Waals surface area (Å²) in [7, 11) is 0. The lowest BCUT2D eigenvalue weighted by molar-refractivity contribution is 0.0498. The summed E-state index contributed by atoms with van der Waals surface area (Å²) in [6, 6.07) is 0. The van der Waals surface area contributed by atoms with Gasteiger partial charge in [-0.3, -0.25) is 0 Å². The SMILES string of the molecule is C[C@H](O)CNC(=O)OC(C)(C)C.S. The molecule has 0 rings (SSSR count). The number of hydrogen-bond acceptors (Lipinski definition) is 3. The zero-order chi connectivity index (χ0) is 9.78. The Morgan fingerprint density at radius 1 is 1.54 bits per heavy atom. The van der Waals surface area contributed by atoms with Crippen molar-refractivity contribution in [2.24, 2.45) is 0 Å². The number of aliphatic hydroxyl groups is 1. The molecule has 0 aliphatic heterocycles. The molecule has 1 atom stereocenters. The minimum Gasteiger partial charge on any atom is -0.444 e. The van der Waals surface area contributed by atoms with Crippen LogP contribution in [0.2, 0.25) is 0 Å². The largest absolute Gasteiger partial charge is 0.444 e. The molecule has 0 aromatic heterocycles. The fourth-order valence-corrected chi connectivity index (χ4v) is 0.545. The van der Waals surface area contributed by atoms with Crippen LogP contribution in [0.1, 0.15) is 27.7 Å². The van der Waals surface area contributed by atoms with Crippen LogP contribution in [0.15, 0.2) is 0 Å². The third kappa shape index (κ3) is 11.6. The highest BCUT2D eigenvalue weighted by Gasteiger charge is 2.15. The van der Waals surface area contributed by atoms with E-state index in [1.807, 2.05) is 0 Å². The van der Waals surface area contributed by atoms with Gasteiger partial charge in [-0.25, -0.2) is 4.79 Å². The number of amides is 1. The highest BCUT2D eigenvalue weighted by molar-refractivity contribution is 7.59. The Morgan fingerprint density at radius 2 is 2.00 bits per heavy atom. The topological polar surface area (TPSA) is 58.6 Å². The zero-order valence-electron chi connectivity index (χ0n) is 8.55. The third-order valence-corrected chi connectivity index (χ3v) is 0.941. The summed E-state index contributed by atoms with van der Waals surface area (Å²) < 4.78 is 4.93. The number of carbonyl (C=O) groups is 1. The van der Waals surface area contributed by atoms with E-state index in [4.69, 9.17) is 9.84 Å². The van der Waals surface area contributed by atoms with E-state index >= 15 is 0 Å². The fourth-order valence-electron chi connectivity index (χ4n) is 0.545.